The normalized spacial score (nSPS) is 12.3. The molecule has 0 saturated heterocycles. The molecule has 3 nitrogen and oxygen atoms in total. The molecule has 0 fully saturated rings. The summed E-state index contributed by atoms with van der Waals surface area (Å²) < 4.78 is 32.5. The van der Waals surface area contributed by atoms with Crippen LogP contribution < -0.4 is 29.6 Å². The zero-order valence-electron chi connectivity index (χ0n) is 10.4. The van der Waals surface area contributed by atoms with Crippen LogP contribution in [-0.2, 0) is 10.1 Å². The van der Waals surface area contributed by atoms with Gasteiger partial charge in [-0.05, 0) is 19.3 Å². The van der Waals surface area contributed by atoms with Crippen LogP contribution in [0, 0.1) is 0 Å². The van der Waals surface area contributed by atoms with Gasteiger partial charge in [0.15, 0.2) is 0 Å². The smallest absolute Gasteiger partial charge is 0.748 e. The predicted molar refractivity (Wildman–Crippen MR) is 57.2 cm³/mol. The number of hydrogen-bond acceptors (Lipinski definition) is 3. The van der Waals surface area contributed by atoms with Crippen LogP contribution in [0.1, 0.15) is 59.3 Å². The maximum Gasteiger partial charge on any atom is 1.00 e. The Morgan fingerprint density at radius 3 is 1.80 bits per heavy atom. The van der Waals surface area contributed by atoms with Gasteiger partial charge in [-0.2, -0.15) is 0 Å². The molecule has 0 aliphatic rings. The Morgan fingerprint density at radius 2 is 1.53 bits per heavy atom. The van der Waals surface area contributed by atoms with Gasteiger partial charge < -0.3 is 4.55 Å². The van der Waals surface area contributed by atoms with Crippen molar-refractivity contribution in [2.75, 3.05) is 0 Å². The Bertz CT molecular complexity index is 245. The third-order valence-electron chi connectivity index (χ3n) is 3.05. The minimum absolute atomic E-state index is 0. The van der Waals surface area contributed by atoms with Crippen molar-refractivity contribution < 1.29 is 42.5 Å². The van der Waals surface area contributed by atoms with Crippen LogP contribution in [-0.4, -0.2) is 17.7 Å². The van der Waals surface area contributed by atoms with E-state index < -0.39 is 14.9 Å². The molecule has 0 radical (unpaired) electrons. The number of rotatable bonds is 7. The molecule has 5 heteroatoms. The van der Waals surface area contributed by atoms with E-state index in [1.165, 1.54) is 0 Å². The summed E-state index contributed by atoms with van der Waals surface area (Å²) in [5.41, 5.74) is 0. The van der Waals surface area contributed by atoms with Crippen molar-refractivity contribution in [1.29, 1.82) is 0 Å². The van der Waals surface area contributed by atoms with Crippen molar-refractivity contribution >= 4 is 10.1 Å². The van der Waals surface area contributed by atoms with Crippen molar-refractivity contribution in [3.63, 3.8) is 0 Å². The van der Waals surface area contributed by atoms with Crippen molar-refractivity contribution in [1.82, 2.24) is 0 Å². The Balaban J connectivity index is 0. The third kappa shape index (κ3) is 5.18. The van der Waals surface area contributed by atoms with Crippen LogP contribution in [0.5, 0.6) is 0 Å². The van der Waals surface area contributed by atoms with Gasteiger partial charge in [0.1, 0.15) is 10.1 Å². The molecule has 0 aliphatic carbocycles. The van der Waals surface area contributed by atoms with Crippen molar-refractivity contribution in [3.05, 3.63) is 0 Å². The SMILES string of the molecule is CCCCCC(CC)(CC)S(=O)(=O)[O-].[Na+]. The van der Waals surface area contributed by atoms with E-state index in [2.05, 4.69) is 6.92 Å². The van der Waals surface area contributed by atoms with Gasteiger partial charge in [0, 0.05) is 0 Å². The van der Waals surface area contributed by atoms with E-state index in [1.54, 1.807) is 13.8 Å². The Morgan fingerprint density at radius 1 is 1.07 bits per heavy atom. The largest absolute Gasteiger partial charge is 1.00 e. The Hall–Kier alpha value is 0.910. The average molecular weight is 244 g/mol. The van der Waals surface area contributed by atoms with Crippen molar-refractivity contribution in [2.24, 2.45) is 0 Å². The summed E-state index contributed by atoms with van der Waals surface area (Å²) in [4.78, 5) is 0. The third-order valence-corrected chi connectivity index (χ3v) is 4.90. The predicted octanol–water partition coefficient (Wildman–Crippen LogP) is -0.325. The van der Waals surface area contributed by atoms with Crippen molar-refractivity contribution in [2.45, 2.75) is 64.0 Å². The van der Waals surface area contributed by atoms with Gasteiger partial charge in [0.05, 0.1) is 4.75 Å². The van der Waals surface area contributed by atoms with Gasteiger partial charge in [-0.3, -0.25) is 0 Å². The fourth-order valence-electron chi connectivity index (χ4n) is 1.78. The zero-order chi connectivity index (χ0) is 11.2. The molecule has 86 valence electrons. The molecule has 0 bridgehead atoms. The molecule has 0 N–H and O–H groups in total. The molecular weight excluding hydrogens is 223 g/mol. The summed E-state index contributed by atoms with van der Waals surface area (Å²) in [6.07, 6.45) is 4.25. The number of hydrogen-bond donors (Lipinski definition) is 0. The first-order chi connectivity index (χ1) is 6.43. The Labute approximate surface area is 116 Å². The van der Waals surface area contributed by atoms with Gasteiger partial charge in [0.25, 0.3) is 0 Å². The van der Waals surface area contributed by atoms with Crippen molar-refractivity contribution in [3.8, 4) is 0 Å². The van der Waals surface area contributed by atoms with Gasteiger partial charge in [0.2, 0.25) is 0 Å². The summed E-state index contributed by atoms with van der Waals surface area (Å²) in [6, 6.07) is 0. The molecule has 0 atom stereocenters. The van der Waals surface area contributed by atoms with Crippen LogP contribution >= 0.6 is 0 Å². The van der Waals surface area contributed by atoms with Gasteiger partial charge in [-0.25, -0.2) is 8.42 Å². The van der Waals surface area contributed by atoms with Crippen LogP contribution in [0.25, 0.3) is 0 Å². The minimum atomic E-state index is -4.16. The summed E-state index contributed by atoms with van der Waals surface area (Å²) >= 11 is 0. The molecular formula is C10H21NaO3S. The van der Waals surface area contributed by atoms with E-state index in [0.717, 1.165) is 19.3 Å². The molecule has 0 aromatic rings. The molecule has 0 spiro atoms. The summed E-state index contributed by atoms with van der Waals surface area (Å²) in [5.74, 6) is 0. The van der Waals surface area contributed by atoms with E-state index in [-0.39, 0.29) is 29.6 Å². The second kappa shape index (κ2) is 8.07. The van der Waals surface area contributed by atoms with E-state index in [0.29, 0.717) is 19.3 Å². The van der Waals surface area contributed by atoms with E-state index in [1.807, 2.05) is 0 Å². The summed E-state index contributed by atoms with van der Waals surface area (Å²) in [5, 5.41) is 0. The fraction of sp³-hybridized carbons (Fsp3) is 1.00. The first-order valence-electron chi connectivity index (χ1n) is 5.39. The van der Waals surface area contributed by atoms with Gasteiger partial charge >= 0.3 is 29.6 Å². The number of unbranched alkanes of at least 4 members (excludes halogenated alkanes) is 2. The first-order valence-corrected chi connectivity index (χ1v) is 6.79. The van der Waals surface area contributed by atoms with Crippen LogP contribution in [0.15, 0.2) is 0 Å². The average Bonchev–Trinajstić information content (AvgIpc) is 2.11. The maximum atomic E-state index is 11.2. The molecule has 0 heterocycles. The van der Waals surface area contributed by atoms with Gasteiger partial charge in [-0.1, -0.05) is 40.0 Å². The fourth-order valence-corrected chi connectivity index (χ4v) is 2.88. The summed E-state index contributed by atoms with van der Waals surface area (Å²) in [7, 11) is -4.16. The quantitative estimate of drug-likeness (QED) is 0.350. The molecule has 0 aromatic heterocycles. The van der Waals surface area contributed by atoms with Gasteiger partial charge in [-0.15, -0.1) is 0 Å². The van der Waals surface area contributed by atoms with E-state index in [9.17, 15) is 13.0 Å². The second-order valence-corrected chi connectivity index (χ2v) is 5.58. The molecule has 0 saturated carbocycles. The molecule has 0 unspecified atom stereocenters. The molecule has 0 amide bonds. The first kappa shape index (κ1) is 18.3. The molecule has 0 aliphatic heterocycles. The van der Waals surface area contributed by atoms with E-state index >= 15 is 0 Å². The van der Waals surface area contributed by atoms with E-state index in [4.69, 9.17) is 0 Å². The topological polar surface area (TPSA) is 57.2 Å². The van der Waals surface area contributed by atoms with Crippen LogP contribution in [0.2, 0.25) is 0 Å². The second-order valence-electron chi connectivity index (χ2n) is 3.80. The standard InChI is InChI=1S/C10H22O3S.Na/c1-4-7-8-9-10(5-2,6-3)14(11,12)13;/h4-9H2,1-3H3,(H,11,12,13);/q;+1/p-1. The Kier molecular flexibility index (Phi) is 9.83. The summed E-state index contributed by atoms with van der Waals surface area (Å²) in [6.45, 7) is 5.63. The molecule has 15 heavy (non-hydrogen) atoms. The van der Waals surface area contributed by atoms with Crippen LogP contribution in [0.4, 0.5) is 0 Å². The monoisotopic (exact) mass is 244 g/mol. The molecule has 0 rings (SSSR count). The minimum Gasteiger partial charge on any atom is -0.748 e. The van der Waals surface area contributed by atoms with Crippen LogP contribution in [0.3, 0.4) is 0 Å². The zero-order valence-corrected chi connectivity index (χ0v) is 13.2. The maximum absolute atomic E-state index is 11.2. The molecule has 0 aromatic carbocycles.